The molecule has 0 radical (unpaired) electrons. The molecule has 54 valence electrons. The first-order valence-electron chi connectivity index (χ1n) is 2.54. The van der Waals surface area contributed by atoms with E-state index < -0.39 is 0 Å². The fourth-order valence-corrected chi connectivity index (χ4v) is 1.37. The third-order valence-corrected chi connectivity index (χ3v) is 2.12. The van der Waals surface area contributed by atoms with E-state index in [0.717, 1.165) is 23.3 Å². The van der Waals surface area contributed by atoms with Crippen LogP contribution in [0.5, 0.6) is 0 Å². The van der Waals surface area contributed by atoms with Gasteiger partial charge in [-0.3, -0.25) is 4.79 Å². The molecule has 0 aromatic carbocycles. The largest absolute Gasteiger partial charge is 0.389 e. The molecule has 0 fully saturated rings. The summed E-state index contributed by atoms with van der Waals surface area (Å²) in [4.78, 5) is 10.9. The fourth-order valence-electron chi connectivity index (χ4n) is 0.490. The minimum Gasteiger partial charge on any atom is -0.389 e. The second-order valence-electron chi connectivity index (χ2n) is 1.61. The lowest BCUT2D eigenvalue weighted by atomic mass is 10.5. The molecule has 0 spiro atoms. The highest BCUT2D eigenvalue weighted by atomic mass is 32.2. The number of aromatic nitrogens is 1. The molecule has 0 aliphatic rings. The van der Waals surface area contributed by atoms with Crippen molar-refractivity contribution in [3.63, 3.8) is 0 Å². The van der Waals surface area contributed by atoms with Crippen LogP contribution in [0.4, 0.5) is 5.00 Å². The third kappa shape index (κ3) is 1.48. The molecule has 0 saturated carbocycles. The molecule has 0 saturated heterocycles. The molecule has 3 nitrogen and oxygen atoms in total. The summed E-state index contributed by atoms with van der Waals surface area (Å²) < 4.78 is 3.83. The van der Waals surface area contributed by atoms with Crippen LogP contribution in [0.15, 0.2) is 6.07 Å². The van der Waals surface area contributed by atoms with E-state index >= 15 is 0 Å². The number of carbonyl (C=O) groups is 1. The summed E-state index contributed by atoms with van der Waals surface area (Å²) in [5.41, 5.74) is 5.82. The Hall–Kier alpha value is -0.550. The van der Waals surface area contributed by atoms with Crippen LogP contribution in [0.2, 0.25) is 0 Å². The molecule has 0 aliphatic heterocycles. The van der Waals surface area contributed by atoms with E-state index in [9.17, 15) is 4.79 Å². The van der Waals surface area contributed by atoms with E-state index in [2.05, 4.69) is 4.37 Å². The minimum absolute atomic E-state index is 0.0343. The topological polar surface area (TPSA) is 56.0 Å². The Bertz CT molecular complexity index is 246. The zero-order valence-corrected chi connectivity index (χ0v) is 6.96. The van der Waals surface area contributed by atoms with Gasteiger partial charge in [0.25, 0.3) is 0 Å². The van der Waals surface area contributed by atoms with Crippen LogP contribution in [-0.4, -0.2) is 15.7 Å². The van der Waals surface area contributed by atoms with Crippen molar-refractivity contribution < 1.29 is 4.79 Å². The summed E-state index contributed by atoms with van der Waals surface area (Å²) in [6.07, 6.45) is 1.72. The summed E-state index contributed by atoms with van der Waals surface area (Å²) in [5.74, 6) is 0. The van der Waals surface area contributed by atoms with Gasteiger partial charge in [-0.2, -0.15) is 4.37 Å². The number of anilines is 1. The van der Waals surface area contributed by atoms with Crippen LogP contribution in [0.1, 0.15) is 10.5 Å². The molecule has 0 unspecified atom stereocenters. The van der Waals surface area contributed by atoms with Crippen LogP contribution in [-0.2, 0) is 0 Å². The first-order chi connectivity index (χ1) is 4.74. The molecular formula is C5H6N2OS2. The summed E-state index contributed by atoms with van der Waals surface area (Å²) in [5, 5.41) is 0.547. The van der Waals surface area contributed by atoms with Gasteiger partial charge >= 0.3 is 0 Å². The molecule has 1 aromatic rings. The number of rotatable bonds is 1. The molecule has 1 aromatic heterocycles. The molecule has 10 heavy (non-hydrogen) atoms. The van der Waals surface area contributed by atoms with E-state index in [0.29, 0.717) is 10.7 Å². The Morgan fingerprint density at radius 1 is 1.90 bits per heavy atom. The van der Waals surface area contributed by atoms with E-state index in [1.54, 1.807) is 12.3 Å². The number of thioether (sulfide) groups is 1. The fraction of sp³-hybridized carbons (Fsp3) is 0.200. The molecule has 1 rings (SSSR count). The van der Waals surface area contributed by atoms with Gasteiger partial charge in [0.1, 0.15) is 10.7 Å². The van der Waals surface area contributed by atoms with Gasteiger partial charge in [0, 0.05) is 6.07 Å². The van der Waals surface area contributed by atoms with Gasteiger partial charge in [0.2, 0.25) is 5.12 Å². The Balaban J connectivity index is 2.85. The van der Waals surface area contributed by atoms with Gasteiger partial charge in [-0.05, 0) is 17.8 Å². The SMILES string of the molecule is CSC(=O)c1cc(N)sn1. The van der Waals surface area contributed by atoms with Crippen LogP contribution in [0.25, 0.3) is 0 Å². The third-order valence-electron chi connectivity index (χ3n) is 0.923. The van der Waals surface area contributed by atoms with Crippen molar-refractivity contribution >= 4 is 33.4 Å². The molecular weight excluding hydrogens is 168 g/mol. The van der Waals surface area contributed by atoms with Gasteiger partial charge in [-0.15, -0.1) is 0 Å². The molecule has 0 atom stereocenters. The standard InChI is InChI=1S/C5H6N2OS2/c1-9-5(8)3-2-4(6)10-7-3/h2H,6H2,1H3. The number of hydrogen-bond donors (Lipinski definition) is 1. The molecule has 0 aliphatic carbocycles. The Labute approximate surface area is 66.8 Å². The van der Waals surface area contributed by atoms with Crippen LogP contribution >= 0.6 is 23.3 Å². The highest BCUT2D eigenvalue weighted by Gasteiger charge is 2.06. The molecule has 1 heterocycles. The maximum absolute atomic E-state index is 10.9. The summed E-state index contributed by atoms with van der Waals surface area (Å²) in [7, 11) is 0. The van der Waals surface area contributed by atoms with Crippen molar-refractivity contribution in [1.29, 1.82) is 0 Å². The lowest BCUT2D eigenvalue weighted by Crippen LogP contribution is -1.90. The molecule has 5 heteroatoms. The summed E-state index contributed by atoms with van der Waals surface area (Å²) in [6.45, 7) is 0. The van der Waals surface area contributed by atoms with Gasteiger partial charge in [-0.25, -0.2) is 0 Å². The van der Waals surface area contributed by atoms with E-state index in [4.69, 9.17) is 5.73 Å². The lowest BCUT2D eigenvalue weighted by molar-refractivity contribution is 0.108. The highest BCUT2D eigenvalue weighted by molar-refractivity contribution is 8.13. The molecule has 0 amide bonds. The van der Waals surface area contributed by atoms with Crippen LogP contribution in [0, 0.1) is 0 Å². The average molecular weight is 174 g/mol. The van der Waals surface area contributed by atoms with E-state index in [-0.39, 0.29) is 5.12 Å². The Kier molecular flexibility index (Phi) is 2.29. The lowest BCUT2D eigenvalue weighted by Gasteiger charge is -1.84. The average Bonchev–Trinajstić information content (AvgIpc) is 2.34. The normalized spacial score (nSPS) is 9.70. The van der Waals surface area contributed by atoms with Crippen molar-refractivity contribution in [3.8, 4) is 0 Å². The zero-order valence-electron chi connectivity index (χ0n) is 5.33. The van der Waals surface area contributed by atoms with Gasteiger partial charge in [0.05, 0.1) is 0 Å². The summed E-state index contributed by atoms with van der Waals surface area (Å²) >= 11 is 2.28. The predicted octanol–water partition coefficient (Wildman–Crippen LogP) is 1.23. The smallest absolute Gasteiger partial charge is 0.238 e. The van der Waals surface area contributed by atoms with Crippen LogP contribution < -0.4 is 5.73 Å². The minimum atomic E-state index is -0.0343. The van der Waals surface area contributed by atoms with Crippen LogP contribution in [0.3, 0.4) is 0 Å². The van der Waals surface area contributed by atoms with E-state index in [1.807, 2.05) is 0 Å². The van der Waals surface area contributed by atoms with Gasteiger partial charge < -0.3 is 5.73 Å². The van der Waals surface area contributed by atoms with Gasteiger partial charge in [0.15, 0.2) is 0 Å². The van der Waals surface area contributed by atoms with Crippen molar-refractivity contribution in [3.05, 3.63) is 11.8 Å². The number of nitrogens with zero attached hydrogens (tertiary/aromatic N) is 1. The quantitative estimate of drug-likeness (QED) is 0.695. The number of hydrogen-bond acceptors (Lipinski definition) is 5. The number of carbonyl (C=O) groups excluding carboxylic acids is 1. The monoisotopic (exact) mass is 174 g/mol. The maximum Gasteiger partial charge on any atom is 0.238 e. The second-order valence-corrected chi connectivity index (χ2v) is 3.22. The Morgan fingerprint density at radius 3 is 3.00 bits per heavy atom. The zero-order chi connectivity index (χ0) is 7.56. The second kappa shape index (κ2) is 3.03. The summed E-state index contributed by atoms with van der Waals surface area (Å²) in [6, 6.07) is 1.59. The van der Waals surface area contributed by atoms with Crippen molar-refractivity contribution in [1.82, 2.24) is 4.37 Å². The molecule has 2 N–H and O–H groups in total. The Morgan fingerprint density at radius 2 is 2.60 bits per heavy atom. The van der Waals surface area contributed by atoms with Crippen molar-refractivity contribution in [2.45, 2.75) is 0 Å². The maximum atomic E-state index is 10.9. The molecule has 0 bridgehead atoms. The van der Waals surface area contributed by atoms with E-state index in [1.165, 1.54) is 0 Å². The highest BCUT2D eigenvalue weighted by Crippen LogP contribution is 2.15. The van der Waals surface area contributed by atoms with Crippen molar-refractivity contribution in [2.75, 3.05) is 12.0 Å². The predicted molar refractivity (Wildman–Crippen MR) is 44.4 cm³/mol. The number of nitrogens with two attached hydrogens (primary N) is 1. The van der Waals surface area contributed by atoms with Crippen molar-refractivity contribution in [2.24, 2.45) is 0 Å². The van der Waals surface area contributed by atoms with Gasteiger partial charge in [-0.1, -0.05) is 11.8 Å². The first-order valence-corrected chi connectivity index (χ1v) is 4.54. The first kappa shape index (κ1) is 7.56. The number of nitrogen functional groups attached to an aromatic ring is 1.